The fourth-order valence-corrected chi connectivity index (χ4v) is 4.45. The molecule has 1 aromatic rings. The number of piperazine rings is 1. The third kappa shape index (κ3) is 8.62. The third-order valence-electron chi connectivity index (χ3n) is 5.38. The van der Waals surface area contributed by atoms with Gasteiger partial charge in [0.15, 0.2) is 0 Å². The highest BCUT2D eigenvalue weighted by Crippen LogP contribution is 2.21. The van der Waals surface area contributed by atoms with Crippen LogP contribution in [0.4, 0.5) is 4.79 Å². The fourth-order valence-electron chi connectivity index (χ4n) is 3.49. The van der Waals surface area contributed by atoms with Gasteiger partial charge in [-0.1, -0.05) is 6.07 Å². The number of ether oxygens (including phenoxy) is 1. The largest absolute Gasteiger partial charge is 0.444 e. The molecule has 1 fully saturated rings. The van der Waals surface area contributed by atoms with E-state index in [2.05, 4.69) is 37.8 Å². The molecule has 1 unspecified atom stereocenters. The van der Waals surface area contributed by atoms with E-state index < -0.39 is 11.7 Å². The van der Waals surface area contributed by atoms with Crippen molar-refractivity contribution in [3.8, 4) is 0 Å². The van der Waals surface area contributed by atoms with E-state index >= 15 is 0 Å². The van der Waals surface area contributed by atoms with Crippen molar-refractivity contribution < 1.29 is 14.3 Å². The Kier molecular flexibility index (Phi) is 9.13. The molecule has 9 nitrogen and oxygen atoms in total. The number of amides is 2. The number of aromatic nitrogens is 1. The molecule has 2 amide bonds. The molecule has 3 heterocycles. The van der Waals surface area contributed by atoms with E-state index in [1.54, 1.807) is 12.3 Å². The zero-order valence-electron chi connectivity index (χ0n) is 20.0. The second kappa shape index (κ2) is 11.8. The lowest BCUT2D eigenvalue weighted by Crippen LogP contribution is -2.46. The summed E-state index contributed by atoms with van der Waals surface area (Å²) >= 11 is 1.53. The minimum atomic E-state index is -0.575. The average molecular weight is 477 g/mol. The predicted octanol–water partition coefficient (Wildman–Crippen LogP) is 1.63. The number of nitrogens with zero attached hydrogens (tertiary/aromatic N) is 3. The van der Waals surface area contributed by atoms with Crippen molar-refractivity contribution in [2.24, 2.45) is 0 Å². The van der Waals surface area contributed by atoms with Gasteiger partial charge in [-0.2, -0.15) is 0 Å². The summed E-state index contributed by atoms with van der Waals surface area (Å²) in [6.07, 6.45) is 1.23. The maximum atomic E-state index is 12.6. The van der Waals surface area contributed by atoms with Gasteiger partial charge in [-0.05, 0) is 44.9 Å². The molecule has 3 rings (SSSR count). The number of pyridine rings is 1. The molecule has 0 bridgehead atoms. The molecule has 1 atom stereocenters. The van der Waals surface area contributed by atoms with Gasteiger partial charge in [0.05, 0.1) is 6.04 Å². The standard InChI is InChI=1S/C23H36N6O3S/c1-23(2,3)32-22(31)27-20-16-33-15-19(20)26-21(30)18-6-5-17(14-25-18)13-24-7-8-29-11-9-28(4)10-12-29/h5-6,14-15,20,24H,7-13,16H2,1-4H3,(H,26,30)(H,27,31). The summed E-state index contributed by atoms with van der Waals surface area (Å²) < 4.78 is 5.31. The quantitative estimate of drug-likeness (QED) is 0.487. The van der Waals surface area contributed by atoms with Gasteiger partial charge >= 0.3 is 6.09 Å². The van der Waals surface area contributed by atoms with E-state index in [9.17, 15) is 9.59 Å². The Hall–Kier alpha value is -2.14. The molecule has 182 valence electrons. The van der Waals surface area contributed by atoms with Crippen LogP contribution in [0.25, 0.3) is 0 Å². The van der Waals surface area contributed by atoms with Crippen molar-refractivity contribution in [1.82, 2.24) is 30.7 Å². The molecular formula is C23H36N6O3S. The highest BCUT2D eigenvalue weighted by atomic mass is 32.2. The number of nitrogens with one attached hydrogen (secondary N) is 3. The van der Waals surface area contributed by atoms with Crippen LogP contribution in [-0.4, -0.2) is 90.5 Å². The van der Waals surface area contributed by atoms with Crippen LogP contribution < -0.4 is 16.0 Å². The topological polar surface area (TPSA) is 98.8 Å². The summed E-state index contributed by atoms with van der Waals surface area (Å²) in [4.78, 5) is 33.8. The highest BCUT2D eigenvalue weighted by molar-refractivity contribution is 8.02. The number of thioether (sulfide) groups is 1. The lowest BCUT2D eigenvalue weighted by Gasteiger charge is -2.32. The maximum absolute atomic E-state index is 12.6. The maximum Gasteiger partial charge on any atom is 0.408 e. The second-order valence-electron chi connectivity index (χ2n) is 9.43. The zero-order chi connectivity index (χ0) is 23.8. The lowest BCUT2D eigenvalue weighted by molar-refractivity contribution is 0.0514. The minimum Gasteiger partial charge on any atom is -0.444 e. The van der Waals surface area contributed by atoms with Gasteiger partial charge in [-0.25, -0.2) is 4.79 Å². The summed E-state index contributed by atoms with van der Waals surface area (Å²) in [5.41, 5.74) is 1.44. The summed E-state index contributed by atoms with van der Waals surface area (Å²) in [5, 5.41) is 11.0. The van der Waals surface area contributed by atoms with Crippen molar-refractivity contribution in [2.45, 2.75) is 39.0 Å². The first-order valence-corrected chi connectivity index (χ1v) is 12.4. The Labute approximate surface area is 200 Å². The normalized spacial score (nSPS) is 19.8. The Balaban J connectivity index is 1.40. The summed E-state index contributed by atoms with van der Waals surface area (Å²) in [5.74, 6) is 0.343. The molecule has 1 saturated heterocycles. The molecule has 33 heavy (non-hydrogen) atoms. The van der Waals surface area contributed by atoms with Crippen molar-refractivity contribution in [3.63, 3.8) is 0 Å². The van der Waals surface area contributed by atoms with E-state index in [0.717, 1.165) is 44.8 Å². The number of carbonyl (C=O) groups excluding carboxylic acids is 2. The van der Waals surface area contributed by atoms with Crippen LogP contribution in [0.3, 0.4) is 0 Å². The molecule has 2 aliphatic rings. The molecule has 0 radical (unpaired) electrons. The van der Waals surface area contributed by atoms with Gasteiger partial charge in [0.2, 0.25) is 0 Å². The van der Waals surface area contributed by atoms with Crippen molar-refractivity contribution in [2.75, 3.05) is 52.1 Å². The monoisotopic (exact) mass is 476 g/mol. The predicted molar refractivity (Wildman–Crippen MR) is 131 cm³/mol. The number of hydrogen-bond acceptors (Lipinski definition) is 8. The number of carbonyl (C=O) groups is 2. The SMILES string of the molecule is CN1CCN(CCNCc2ccc(C(=O)NC3=CSCC3NC(=O)OC(C)(C)C)nc2)CC1. The molecule has 3 N–H and O–H groups in total. The van der Waals surface area contributed by atoms with Crippen LogP contribution in [-0.2, 0) is 11.3 Å². The van der Waals surface area contributed by atoms with E-state index in [1.165, 1.54) is 11.8 Å². The lowest BCUT2D eigenvalue weighted by atomic mass is 10.2. The van der Waals surface area contributed by atoms with Gasteiger partial charge in [-0.3, -0.25) is 14.7 Å². The molecular weight excluding hydrogens is 440 g/mol. The van der Waals surface area contributed by atoms with Crippen molar-refractivity contribution in [1.29, 1.82) is 0 Å². The summed E-state index contributed by atoms with van der Waals surface area (Å²) in [6, 6.07) is 3.34. The van der Waals surface area contributed by atoms with Gasteiger partial charge in [0.25, 0.3) is 5.91 Å². The molecule has 1 aromatic heterocycles. The van der Waals surface area contributed by atoms with Gasteiger partial charge in [0, 0.05) is 63.5 Å². The Morgan fingerprint density at radius 1 is 1.21 bits per heavy atom. The highest BCUT2D eigenvalue weighted by Gasteiger charge is 2.26. The molecule has 10 heteroatoms. The number of likely N-dealkylation sites (N-methyl/N-ethyl adjacent to an activating group) is 1. The zero-order valence-corrected chi connectivity index (χ0v) is 20.8. The van der Waals surface area contributed by atoms with Gasteiger partial charge in [0.1, 0.15) is 11.3 Å². The first kappa shape index (κ1) is 25.5. The fraction of sp³-hybridized carbons (Fsp3) is 0.609. The first-order chi connectivity index (χ1) is 15.7. The summed E-state index contributed by atoms with van der Waals surface area (Å²) in [6.45, 7) is 12.6. The van der Waals surface area contributed by atoms with Crippen LogP contribution in [0.1, 0.15) is 36.8 Å². The molecule has 0 aliphatic carbocycles. The average Bonchev–Trinajstić information content (AvgIpc) is 3.17. The van der Waals surface area contributed by atoms with Crippen LogP contribution in [0, 0.1) is 0 Å². The molecule has 0 saturated carbocycles. The van der Waals surface area contributed by atoms with Gasteiger partial charge in [-0.15, -0.1) is 11.8 Å². The Morgan fingerprint density at radius 3 is 2.64 bits per heavy atom. The van der Waals surface area contributed by atoms with Crippen LogP contribution in [0.15, 0.2) is 29.4 Å². The second-order valence-corrected chi connectivity index (χ2v) is 10.3. The van der Waals surface area contributed by atoms with E-state index in [4.69, 9.17) is 4.74 Å². The van der Waals surface area contributed by atoms with Crippen LogP contribution in [0.2, 0.25) is 0 Å². The number of alkyl carbamates (subject to hydrolysis) is 1. The van der Waals surface area contributed by atoms with E-state index in [-0.39, 0.29) is 11.9 Å². The van der Waals surface area contributed by atoms with Gasteiger partial charge < -0.3 is 25.6 Å². The van der Waals surface area contributed by atoms with E-state index in [1.807, 2.05) is 32.2 Å². The smallest absolute Gasteiger partial charge is 0.408 e. The van der Waals surface area contributed by atoms with Crippen molar-refractivity contribution >= 4 is 23.8 Å². The van der Waals surface area contributed by atoms with Crippen molar-refractivity contribution in [3.05, 3.63) is 40.7 Å². The van der Waals surface area contributed by atoms with E-state index in [0.29, 0.717) is 23.7 Å². The summed E-state index contributed by atoms with van der Waals surface area (Å²) in [7, 11) is 2.16. The number of rotatable bonds is 8. The van der Waals surface area contributed by atoms with Crippen LogP contribution in [0.5, 0.6) is 0 Å². The number of hydrogen-bond donors (Lipinski definition) is 3. The molecule has 2 aliphatic heterocycles. The Bertz CT molecular complexity index is 832. The molecule has 0 spiro atoms. The molecule has 0 aromatic carbocycles. The van der Waals surface area contributed by atoms with Crippen LogP contribution >= 0.6 is 11.8 Å². The minimum absolute atomic E-state index is 0.297. The third-order valence-corrected chi connectivity index (χ3v) is 6.33. The Morgan fingerprint density at radius 2 is 1.97 bits per heavy atom. The first-order valence-electron chi connectivity index (χ1n) is 11.4.